The van der Waals surface area contributed by atoms with Crippen LogP contribution in [-0.2, 0) is 0 Å². The minimum atomic E-state index is 0.489. The van der Waals surface area contributed by atoms with E-state index in [-0.39, 0.29) is 0 Å². The molecular weight excluding hydrogens is 308 g/mol. The Bertz CT molecular complexity index is 828. The lowest BCUT2D eigenvalue weighted by atomic mass is 9.95. The molecule has 5 heteroatoms. The lowest BCUT2D eigenvalue weighted by molar-refractivity contribution is 0.498. The van der Waals surface area contributed by atoms with Gasteiger partial charge >= 0.3 is 0 Å². The molecular formula is C18H19ClN4. The fourth-order valence-electron chi connectivity index (χ4n) is 3.45. The Morgan fingerprint density at radius 1 is 1.26 bits per heavy atom. The molecule has 0 bridgehead atoms. The number of nitrogens with zero attached hydrogens (tertiary/aromatic N) is 3. The van der Waals surface area contributed by atoms with Crippen LogP contribution in [0.15, 0.2) is 36.5 Å². The van der Waals surface area contributed by atoms with Gasteiger partial charge in [-0.25, -0.2) is 4.98 Å². The van der Waals surface area contributed by atoms with E-state index in [9.17, 15) is 0 Å². The topological polar surface area (TPSA) is 44.8 Å². The van der Waals surface area contributed by atoms with E-state index >= 15 is 0 Å². The van der Waals surface area contributed by atoms with Gasteiger partial charge in [0.1, 0.15) is 5.82 Å². The summed E-state index contributed by atoms with van der Waals surface area (Å²) in [6.07, 6.45) is 4.18. The van der Waals surface area contributed by atoms with Crippen LogP contribution >= 0.6 is 11.6 Å². The van der Waals surface area contributed by atoms with E-state index in [4.69, 9.17) is 16.6 Å². The Morgan fingerprint density at radius 2 is 2.17 bits per heavy atom. The van der Waals surface area contributed by atoms with Crippen LogP contribution in [0.4, 0.5) is 5.82 Å². The van der Waals surface area contributed by atoms with E-state index < -0.39 is 0 Å². The van der Waals surface area contributed by atoms with Gasteiger partial charge in [0, 0.05) is 41.3 Å². The monoisotopic (exact) mass is 326 g/mol. The number of fused-ring (bicyclic) bond motifs is 1. The van der Waals surface area contributed by atoms with Gasteiger partial charge in [0.05, 0.1) is 5.52 Å². The molecule has 0 radical (unpaired) electrons. The first-order valence-corrected chi connectivity index (χ1v) is 8.39. The Hall–Kier alpha value is -2.07. The number of hydrogen-bond donors (Lipinski definition) is 1. The molecule has 23 heavy (non-hydrogen) atoms. The molecule has 3 heterocycles. The predicted molar refractivity (Wildman–Crippen MR) is 94.3 cm³/mol. The first-order chi connectivity index (χ1) is 11.2. The first-order valence-electron chi connectivity index (χ1n) is 8.02. The van der Waals surface area contributed by atoms with Gasteiger partial charge in [0.25, 0.3) is 0 Å². The van der Waals surface area contributed by atoms with Crippen molar-refractivity contribution < 1.29 is 0 Å². The Labute approximate surface area is 140 Å². The van der Waals surface area contributed by atoms with E-state index in [2.05, 4.69) is 34.2 Å². The molecule has 1 saturated heterocycles. The molecule has 1 aromatic carbocycles. The second kappa shape index (κ2) is 5.85. The van der Waals surface area contributed by atoms with Gasteiger partial charge in [-0.3, -0.25) is 5.10 Å². The summed E-state index contributed by atoms with van der Waals surface area (Å²) in [6.45, 7) is 4.15. The van der Waals surface area contributed by atoms with Crippen molar-refractivity contribution in [3.05, 3.63) is 52.8 Å². The number of rotatable bonds is 2. The Kier molecular flexibility index (Phi) is 3.69. The fourth-order valence-corrected chi connectivity index (χ4v) is 3.62. The maximum absolute atomic E-state index is 6.14. The third-order valence-electron chi connectivity index (χ3n) is 4.67. The highest BCUT2D eigenvalue weighted by atomic mass is 35.5. The zero-order valence-corrected chi connectivity index (χ0v) is 13.8. The molecule has 0 aliphatic carbocycles. The van der Waals surface area contributed by atoms with Gasteiger partial charge in [0.15, 0.2) is 0 Å². The number of hydrogen-bond acceptors (Lipinski definition) is 3. The standard InChI is InChI=1S/C18H19ClN4/c1-12-9-18(21-17-10-14(19)4-5-15(12)17)23-8-2-3-13(11-23)16-6-7-20-22-16/h4-7,9-10,13H,2-3,8,11H2,1H3,(H,20,22)/t13-/m0/s1. The highest BCUT2D eigenvalue weighted by molar-refractivity contribution is 6.31. The highest BCUT2D eigenvalue weighted by Gasteiger charge is 2.23. The zero-order chi connectivity index (χ0) is 15.8. The van der Waals surface area contributed by atoms with Gasteiger partial charge < -0.3 is 4.90 Å². The lowest BCUT2D eigenvalue weighted by Crippen LogP contribution is -2.35. The largest absolute Gasteiger partial charge is 0.356 e. The van der Waals surface area contributed by atoms with Crippen LogP contribution in [-0.4, -0.2) is 28.3 Å². The minimum Gasteiger partial charge on any atom is -0.356 e. The Balaban J connectivity index is 1.68. The van der Waals surface area contributed by atoms with Crippen molar-refractivity contribution in [1.82, 2.24) is 15.2 Å². The van der Waals surface area contributed by atoms with Crippen molar-refractivity contribution in [2.24, 2.45) is 0 Å². The van der Waals surface area contributed by atoms with Crippen LogP contribution in [0.1, 0.15) is 30.0 Å². The molecule has 0 unspecified atom stereocenters. The number of anilines is 1. The van der Waals surface area contributed by atoms with Crippen LogP contribution in [0.3, 0.4) is 0 Å². The number of piperidine rings is 1. The van der Waals surface area contributed by atoms with E-state index in [1.807, 2.05) is 24.4 Å². The molecule has 0 amide bonds. The van der Waals surface area contributed by atoms with Crippen LogP contribution in [0, 0.1) is 6.92 Å². The van der Waals surface area contributed by atoms with Crippen LogP contribution in [0.5, 0.6) is 0 Å². The first kappa shape index (κ1) is 14.5. The SMILES string of the molecule is Cc1cc(N2CCC[C@H](c3ccn[nH]3)C2)nc2cc(Cl)ccc12. The molecule has 118 valence electrons. The number of H-pyrrole nitrogens is 1. The number of aromatic amines is 1. The number of nitrogens with one attached hydrogen (secondary N) is 1. The molecule has 1 aliphatic heterocycles. The van der Waals surface area contributed by atoms with E-state index in [0.29, 0.717) is 5.92 Å². The van der Waals surface area contributed by atoms with Gasteiger partial charge in [-0.2, -0.15) is 5.10 Å². The molecule has 1 N–H and O–H groups in total. The summed E-state index contributed by atoms with van der Waals surface area (Å²) in [5.74, 6) is 1.53. The zero-order valence-electron chi connectivity index (χ0n) is 13.1. The molecule has 4 nitrogen and oxygen atoms in total. The molecule has 1 fully saturated rings. The maximum Gasteiger partial charge on any atom is 0.129 e. The predicted octanol–water partition coefficient (Wildman–Crippen LogP) is 4.30. The quantitative estimate of drug-likeness (QED) is 0.763. The van der Waals surface area contributed by atoms with Crippen molar-refractivity contribution in [1.29, 1.82) is 0 Å². The molecule has 3 aromatic rings. The summed E-state index contributed by atoms with van der Waals surface area (Å²) in [4.78, 5) is 7.23. The molecule has 0 spiro atoms. The number of pyridine rings is 1. The molecule has 0 saturated carbocycles. The highest BCUT2D eigenvalue weighted by Crippen LogP contribution is 2.30. The summed E-state index contributed by atoms with van der Waals surface area (Å²) in [5.41, 5.74) is 3.43. The molecule has 1 atom stereocenters. The van der Waals surface area contributed by atoms with Gasteiger partial charge in [-0.05, 0) is 49.6 Å². The summed E-state index contributed by atoms with van der Waals surface area (Å²) >= 11 is 6.14. The van der Waals surface area contributed by atoms with E-state index in [1.165, 1.54) is 23.1 Å². The van der Waals surface area contributed by atoms with E-state index in [0.717, 1.165) is 35.9 Å². The van der Waals surface area contributed by atoms with Crippen molar-refractivity contribution in [3.8, 4) is 0 Å². The van der Waals surface area contributed by atoms with Crippen molar-refractivity contribution >= 4 is 28.3 Å². The molecule has 2 aromatic heterocycles. The van der Waals surface area contributed by atoms with Gasteiger partial charge in [-0.1, -0.05) is 17.7 Å². The molecule has 1 aliphatic rings. The maximum atomic E-state index is 6.14. The second-order valence-corrected chi connectivity index (χ2v) is 6.69. The van der Waals surface area contributed by atoms with Crippen LogP contribution in [0.2, 0.25) is 5.02 Å². The number of aryl methyl sites for hydroxylation is 1. The summed E-state index contributed by atoms with van der Waals surface area (Å²) in [6, 6.07) is 10.2. The average Bonchev–Trinajstić information content (AvgIpc) is 3.09. The van der Waals surface area contributed by atoms with E-state index in [1.54, 1.807) is 0 Å². The number of benzene rings is 1. The molecule has 4 rings (SSSR count). The third-order valence-corrected chi connectivity index (χ3v) is 4.91. The number of halogens is 1. The fraction of sp³-hybridized carbons (Fsp3) is 0.333. The van der Waals surface area contributed by atoms with Gasteiger partial charge in [0.2, 0.25) is 0 Å². The minimum absolute atomic E-state index is 0.489. The average molecular weight is 327 g/mol. The summed E-state index contributed by atoms with van der Waals surface area (Å²) < 4.78 is 0. The smallest absolute Gasteiger partial charge is 0.129 e. The number of aromatic nitrogens is 3. The Morgan fingerprint density at radius 3 is 3.00 bits per heavy atom. The van der Waals surface area contributed by atoms with Crippen LogP contribution in [0.25, 0.3) is 10.9 Å². The van der Waals surface area contributed by atoms with Crippen LogP contribution < -0.4 is 4.90 Å². The normalized spacial score (nSPS) is 18.5. The summed E-state index contributed by atoms with van der Waals surface area (Å²) in [5, 5.41) is 9.10. The summed E-state index contributed by atoms with van der Waals surface area (Å²) in [7, 11) is 0. The van der Waals surface area contributed by atoms with Gasteiger partial charge in [-0.15, -0.1) is 0 Å². The van der Waals surface area contributed by atoms with Crippen molar-refractivity contribution in [2.75, 3.05) is 18.0 Å². The van der Waals surface area contributed by atoms with Crippen molar-refractivity contribution in [2.45, 2.75) is 25.7 Å². The van der Waals surface area contributed by atoms with Crippen molar-refractivity contribution in [3.63, 3.8) is 0 Å². The lowest BCUT2D eigenvalue weighted by Gasteiger charge is -2.33. The second-order valence-electron chi connectivity index (χ2n) is 6.26. The third kappa shape index (κ3) is 2.79.